The van der Waals surface area contributed by atoms with Gasteiger partial charge in [0.1, 0.15) is 5.82 Å². The van der Waals surface area contributed by atoms with E-state index in [1.54, 1.807) is 12.1 Å². The zero-order valence-corrected chi connectivity index (χ0v) is 16.4. The van der Waals surface area contributed by atoms with Gasteiger partial charge in [-0.25, -0.2) is 9.18 Å². The minimum absolute atomic E-state index is 0.127. The van der Waals surface area contributed by atoms with Crippen LogP contribution >= 0.6 is 11.8 Å². The van der Waals surface area contributed by atoms with Crippen LogP contribution in [0.25, 0.3) is 0 Å². The molecule has 0 atom stereocenters. The van der Waals surface area contributed by atoms with E-state index in [0.29, 0.717) is 5.25 Å². The number of thioether (sulfide) groups is 1. The van der Waals surface area contributed by atoms with Crippen LogP contribution in [0.3, 0.4) is 0 Å². The molecule has 2 aromatic rings. The van der Waals surface area contributed by atoms with Gasteiger partial charge in [-0.2, -0.15) is 0 Å². The molecule has 0 aliphatic heterocycles. The molecule has 0 bridgehead atoms. The van der Waals surface area contributed by atoms with Crippen molar-refractivity contribution < 1.29 is 14.0 Å². The summed E-state index contributed by atoms with van der Waals surface area (Å²) in [6.07, 6.45) is 4.96. The van der Waals surface area contributed by atoms with Crippen LogP contribution in [0.4, 0.5) is 14.9 Å². The van der Waals surface area contributed by atoms with Crippen molar-refractivity contribution in [3.63, 3.8) is 0 Å². The molecule has 0 saturated heterocycles. The second-order valence-corrected chi connectivity index (χ2v) is 8.07. The van der Waals surface area contributed by atoms with Gasteiger partial charge in [0.05, 0.1) is 12.2 Å². The Morgan fingerprint density at radius 1 is 1.00 bits per heavy atom. The topological polar surface area (TPSA) is 70.2 Å². The van der Waals surface area contributed by atoms with Crippen LogP contribution in [0, 0.1) is 5.82 Å². The predicted octanol–water partition coefficient (Wildman–Crippen LogP) is 4.30. The first kappa shape index (κ1) is 20.2. The van der Waals surface area contributed by atoms with Gasteiger partial charge in [0.15, 0.2) is 0 Å². The van der Waals surface area contributed by atoms with Gasteiger partial charge in [0, 0.05) is 16.7 Å². The Hall–Kier alpha value is -2.54. The van der Waals surface area contributed by atoms with Gasteiger partial charge < -0.3 is 16.0 Å². The Bertz CT molecular complexity index is 808. The highest BCUT2D eigenvalue weighted by atomic mass is 32.2. The van der Waals surface area contributed by atoms with Crippen molar-refractivity contribution in [2.24, 2.45) is 0 Å². The van der Waals surface area contributed by atoms with Crippen molar-refractivity contribution in [2.75, 3.05) is 11.9 Å². The van der Waals surface area contributed by atoms with E-state index in [1.807, 2.05) is 36.0 Å². The molecule has 0 heterocycles. The van der Waals surface area contributed by atoms with Crippen LogP contribution < -0.4 is 16.0 Å². The second kappa shape index (κ2) is 10.1. The number of urea groups is 1. The molecule has 0 unspecified atom stereocenters. The summed E-state index contributed by atoms with van der Waals surface area (Å²) in [5, 5.41) is 8.66. The standard InChI is InChI=1S/C21H24FN3O2S/c22-16-11-9-15(10-12-16)13-23-21(27)24-14-20(26)25-18-7-3-4-8-19(18)28-17-5-1-2-6-17/h3-4,7-12,17H,1-2,5-6,13-14H2,(H,25,26)(H2,23,24,27). The maximum absolute atomic E-state index is 12.9. The highest BCUT2D eigenvalue weighted by Crippen LogP contribution is 2.37. The predicted molar refractivity (Wildman–Crippen MR) is 110 cm³/mol. The first-order valence-corrected chi connectivity index (χ1v) is 10.3. The van der Waals surface area contributed by atoms with Gasteiger partial charge in [-0.05, 0) is 42.7 Å². The van der Waals surface area contributed by atoms with Crippen LogP contribution in [0.15, 0.2) is 53.4 Å². The third-order valence-electron chi connectivity index (χ3n) is 4.53. The second-order valence-electron chi connectivity index (χ2n) is 6.73. The summed E-state index contributed by atoms with van der Waals surface area (Å²) in [5.41, 5.74) is 1.55. The average Bonchev–Trinajstić information content (AvgIpc) is 3.20. The Labute approximate surface area is 168 Å². The molecular formula is C21H24FN3O2S. The number of halogens is 1. The van der Waals surface area contributed by atoms with Crippen molar-refractivity contribution >= 4 is 29.4 Å². The van der Waals surface area contributed by atoms with E-state index < -0.39 is 6.03 Å². The minimum atomic E-state index is -0.451. The lowest BCUT2D eigenvalue weighted by molar-refractivity contribution is -0.115. The van der Waals surface area contributed by atoms with Crippen LogP contribution in [0.1, 0.15) is 31.2 Å². The fraction of sp³-hybridized carbons (Fsp3) is 0.333. The van der Waals surface area contributed by atoms with E-state index in [4.69, 9.17) is 0 Å². The molecule has 5 nitrogen and oxygen atoms in total. The van der Waals surface area contributed by atoms with E-state index in [1.165, 1.54) is 37.8 Å². The van der Waals surface area contributed by atoms with Crippen LogP contribution in [-0.4, -0.2) is 23.7 Å². The normalized spacial score (nSPS) is 13.9. The highest BCUT2D eigenvalue weighted by molar-refractivity contribution is 8.00. The van der Waals surface area contributed by atoms with Crippen LogP contribution in [-0.2, 0) is 11.3 Å². The molecule has 3 amide bonds. The summed E-state index contributed by atoms with van der Waals surface area (Å²) >= 11 is 1.81. The molecule has 0 radical (unpaired) electrons. The molecule has 1 aliphatic rings. The smallest absolute Gasteiger partial charge is 0.315 e. The number of carbonyl (C=O) groups excluding carboxylic acids is 2. The summed E-state index contributed by atoms with van der Waals surface area (Å²) in [4.78, 5) is 25.1. The molecule has 7 heteroatoms. The molecule has 0 spiro atoms. The number of para-hydroxylation sites is 1. The number of carbonyl (C=O) groups is 2. The number of hydrogen-bond donors (Lipinski definition) is 3. The van der Waals surface area contributed by atoms with Crippen molar-refractivity contribution in [1.29, 1.82) is 0 Å². The van der Waals surface area contributed by atoms with Gasteiger partial charge in [-0.1, -0.05) is 37.1 Å². The lowest BCUT2D eigenvalue weighted by Gasteiger charge is -2.14. The molecule has 28 heavy (non-hydrogen) atoms. The van der Waals surface area contributed by atoms with E-state index in [0.717, 1.165) is 16.1 Å². The third kappa shape index (κ3) is 6.27. The zero-order valence-electron chi connectivity index (χ0n) is 15.5. The van der Waals surface area contributed by atoms with Crippen molar-refractivity contribution in [3.05, 3.63) is 59.9 Å². The van der Waals surface area contributed by atoms with Gasteiger partial charge in [-0.15, -0.1) is 11.8 Å². The monoisotopic (exact) mass is 401 g/mol. The molecule has 1 saturated carbocycles. The van der Waals surface area contributed by atoms with E-state index in [9.17, 15) is 14.0 Å². The maximum atomic E-state index is 12.9. The zero-order chi connectivity index (χ0) is 19.8. The van der Waals surface area contributed by atoms with Crippen molar-refractivity contribution in [1.82, 2.24) is 10.6 Å². The Morgan fingerprint density at radius 2 is 1.71 bits per heavy atom. The fourth-order valence-corrected chi connectivity index (χ4v) is 4.39. The van der Waals surface area contributed by atoms with Gasteiger partial charge in [-0.3, -0.25) is 4.79 Å². The average molecular weight is 402 g/mol. The fourth-order valence-electron chi connectivity index (χ4n) is 3.06. The molecule has 3 N–H and O–H groups in total. The lowest BCUT2D eigenvalue weighted by Crippen LogP contribution is -2.39. The molecule has 1 fully saturated rings. The number of anilines is 1. The highest BCUT2D eigenvalue weighted by Gasteiger charge is 2.18. The van der Waals surface area contributed by atoms with Gasteiger partial charge in [0.2, 0.25) is 5.91 Å². The molecule has 2 aromatic carbocycles. The maximum Gasteiger partial charge on any atom is 0.315 e. The summed E-state index contributed by atoms with van der Waals surface area (Å²) in [6, 6.07) is 13.2. The molecule has 3 rings (SSSR count). The van der Waals surface area contributed by atoms with Crippen LogP contribution in [0.5, 0.6) is 0 Å². The van der Waals surface area contributed by atoms with Crippen molar-refractivity contribution in [3.8, 4) is 0 Å². The minimum Gasteiger partial charge on any atom is -0.334 e. The summed E-state index contributed by atoms with van der Waals surface area (Å²) in [5.74, 6) is -0.604. The van der Waals surface area contributed by atoms with Gasteiger partial charge in [0.25, 0.3) is 0 Å². The summed E-state index contributed by atoms with van der Waals surface area (Å²) in [7, 11) is 0. The Balaban J connectivity index is 1.43. The third-order valence-corrected chi connectivity index (χ3v) is 5.95. The molecular weight excluding hydrogens is 377 g/mol. The number of nitrogens with one attached hydrogen (secondary N) is 3. The summed E-state index contributed by atoms with van der Waals surface area (Å²) in [6.45, 7) is 0.131. The molecule has 1 aliphatic carbocycles. The largest absolute Gasteiger partial charge is 0.334 e. The van der Waals surface area contributed by atoms with E-state index >= 15 is 0 Å². The quantitative estimate of drug-likeness (QED) is 0.648. The summed E-state index contributed by atoms with van der Waals surface area (Å²) < 4.78 is 12.9. The van der Waals surface area contributed by atoms with Gasteiger partial charge >= 0.3 is 6.03 Å². The van der Waals surface area contributed by atoms with Crippen LogP contribution in [0.2, 0.25) is 0 Å². The van der Waals surface area contributed by atoms with E-state index in [2.05, 4.69) is 16.0 Å². The first-order chi connectivity index (χ1) is 13.6. The number of benzene rings is 2. The Morgan fingerprint density at radius 3 is 2.46 bits per heavy atom. The Kier molecular flexibility index (Phi) is 7.31. The molecule has 0 aromatic heterocycles. The number of rotatable bonds is 7. The lowest BCUT2D eigenvalue weighted by atomic mass is 10.2. The van der Waals surface area contributed by atoms with Crippen molar-refractivity contribution in [2.45, 2.75) is 42.4 Å². The van der Waals surface area contributed by atoms with E-state index in [-0.39, 0.29) is 24.8 Å². The number of amides is 3. The number of hydrogen-bond acceptors (Lipinski definition) is 3. The molecule has 148 valence electrons. The first-order valence-electron chi connectivity index (χ1n) is 9.42. The SMILES string of the molecule is O=C(CNC(=O)NCc1ccc(F)cc1)Nc1ccccc1SC1CCCC1.